The topological polar surface area (TPSA) is 138 Å². The number of carbonyl (C=O) groups excluding carboxylic acids is 3. The Bertz CT molecular complexity index is 1610. The summed E-state index contributed by atoms with van der Waals surface area (Å²) < 4.78 is 25.5. The summed E-state index contributed by atoms with van der Waals surface area (Å²) in [4.78, 5) is 41.3. The lowest BCUT2D eigenvalue weighted by atomic mass is 9.93. The molecule has 1 fully saturated rings. The summed E-state index contributed by atoms with van der Waals surface area (Å²) in [7, 11) is -4.22. The first-order valence-electron chi connectivity index (χ1n) is 13.7. The summed E-state index contributed by atoms with van der Waals surface area (Å²) in [5.41, 5.74) is 3.10. The van der Waals surface area contributed by atoms with Gasteiger partial charge in [0.1, 0.15) is 6.29 Å². The number of amides is 2. The maximum Gasteiger partial charge on any atom is 0.261 e. The van der Waals surface area contributed by atoms with E-state index in [1.165, 1.54) is 4.90 Å². The van der Waals surface area contributed by atoms with Gasteiger partial charge in [0, 0.05) is 53.2 Å². The molecule has 3 aromatic carbocycles. The zero-order valence-electron chi connectivity index (χ0n) is 22.9. The zero-order chi connectivity index (χ0) is 29.3. The predicted octanol–water partition coefficient (Wildman–Crippen LogP) is 3.80. The first kappa shape index (κ1) is 29.2. The number of anilines is 1. The van der Waals surface area contributed by atoms with E-state index in [0.29, 0.717) is 47.0 Å². The molecular weight excluding hydrogens is 562 g/mol. The van der Waals surface area contributed by atoms with Gasteiger partial charge in [-0.05, 0) is 67.5 Å². The van der Waals surface area contributed by atoms with Gasteiger partial charge in [0.25, 0.3) is 11.8 Å². The Morgan fingerprint density at radius 2 is 1.66 bits per heavy atom. The summed E-state index contributed by atoms with van der Waals surface area (Å²) in [6.45, 7) is 3.27. The molecule has 0 unspecified atom stereocenters. The molecule has 0 spiro atoms. The van der Waals surface area contributed by atoms with Gasteiger partial charge in [0.15, 0.2) is 0 Å². The molecule has 0 atom stereocenters. The number of aldehydes is 1. The number of thioether (sulfide) groups is 1. The van der Waals surface area contributed by atoms with E-state index in [9.17, 15) is 27.9 Å². The fourth-order valence-corrected chi connectivity index (χ4v) is 8.12. The number of primary sulfonamides is 1. The minimum atomic E-state index is -4.22. The smallest absolute Gasteiger partial charge is 0.261 e. The number of imide groups is 1. The minimum Gasteiger partial charge on any atom is -0.392 e. The van der Waals surface area contributed by atoms with E-state index < -0.39 is 16.6 Å². The standard InChI is InChI=1S/C30H33N3O6S2/c1-19-25(40-17-7-6-15-33-29(36)21-8-2-3-9-22(21)30(33)37)11-10-20-24(18-35)28(41(31,38)39)23(12-16-34)27(26(19)20)32-13-4-5-14-32/h2-3,8-11,16,35H,4-7,12-15,17-18H2,1H3,(H2,31,38,39). The van der Waals surface area contributed by atoms with Crippen LogP contribution in [0.1, 0.15) is 63.1 Å². The van der Waals surface area contributed by atoms with E-state index in [1.54, 1.807) is 36.0 Å². The summed E-state index contributed by atoms with van der Waals surface area (Å²) in [5, 5.41) is 17.4. The normalized spacial score (nSPS) is 15.3. The molecule has 2 aliphatic rings. The number of hydrogen-bond donors (Lipinski definition) is 2. The largest absolute Gasteiger partial charge is 0.392 e. The fraction of sp³-hybridized carbons (Fsp3) is 0.367. The van der Waals surface area contributed by atoms with Crippen molar-refractivity contribution in [3.05, 3.63) is 64.2 Å². The number of hydrogen-bond acceptors (Lipinski definition) is 8. The average Bonchev–Trinajstić information content (AvgIpc) is 3.56. The van der Waals surface area contributed by atoms with Gasteiger partial charge in [-0.2, -0.15) is 0 Å². The van der Waals surface area contributed by atoms with Crippen molar-refractivity contribution < 1.29 is 27.9 Å². The zero-order valence-corrected chi connectivity index (χ0v) is 24.5. The molecular formula is C30H33N3O6S2. The third-order valence-electron chi connectivity index (χ3n) is 7.88. The van der Waals surface area contributed by atoms with Gasteiger partial charge in [0.2, 0.25) is 10.0 Å². The lowest BCUT2D eigenvalue weighted by Crippen LogP contribution is -2.30. The molecule has 216 valence electrons. The molecule has 2 aliphatic heterocycles. The summed E-state index contributed by atoms with van der Waals surface area (Å²) >= 11 is 1.65. The number of rotatable bonds is 11. The van der Waals surface area contributed by atoms with Gasteiger partial charge in [-0.3, -0.25) is 14.5 Å². The minimum absolute atomic E-state index is 0.130. The van der Waals surface area contributed by atoms with Crippen molar-refractivity contribution in [3.8, 4) is 0 Å². The molecule has 1 saturated heterocycles. The highest BCUT2D eigenvalue weighted by molar-refractivity contribution is 7.99. The monoisotopic (exact) mass is 595 g/mol. The molecule has 0 aromatic heterocycles. The molecule has 11 heteroatoms. The number of sulfonamides is 1. The number of aryl methyl sites for hydroxylation is 1. The Balaban J connectivity index is 1.42. The van der Waals surface area contributed by atoms with E-state index in [4.69, 9.17) is 5.14 Å². The van der Waals surface area contributed by atoms with Crippen LogP contribution in [0.4, 0.5) is 5.69 Å². The Labute approximate surface area is 243 Å². The Kier molecular flexibility index (Phi) is 8.51. The lowest BCUT2D eigenvalue weighted by molar-refractivity contribution is -0.107. The van der Waals surface area contributed by atoms with Gasteiger partial charge < -0.3 is 14.8 Å². The number of carbonyl (C=O) groups is 3. The average molecular weight is 596 g/mol. The first-order chi connectivity index (χ1) is 19.7. The number of fused-ring (bicyclic) bond motifs is 2. The maximum absolute atomic E-state index is 12.8. The van der Waals surface area contributed by atoms with Crippen molar-refractivity contribution in [2.45, 2.75) is 55.4 Å². The number of aliphatic hydroxyl groups excluding tert-OH is 1. The fourth-order valence-electron chi connectivity index (χ4n) is 6.03. The van der Waals surface area contributed by atoms with Gasteiger partial charge in [-0.1, -0.05) is 18.2 Å². The molecule has 2 heterocycles. The SMILES string of the molecule is Cc1c(SCCCCN2C(=O)c3ccccc3C2=O)ccc2c(CO)c(S(N)(=O)=O)c(CC=O)c(N3CCCC3)c12. The van der Waals surface area contributed by atoms with Crippen LogP contribution in [-0.4, -0.2) is 61.9 Å². The van der Waals surface area contributed by atoms with Crippen molar-refractivity contribution in [1.29, 1.82) is 0 Å². The van der Waals surface area contributed by atoms with Crippen molar-refractivity contribution in [1.82, 2.24) is 4.90 Å². The number of benzene rings is 3. The molecule has 9 nitrogen and oxygen atoms in total. The van der Waals surface area contributed by atoms with Crippen LogP contribution in [-0.2, 0) is 27.8 Å². The van der Waals surface area contributed by atoms with E-state index in [0.717, 1.165) is 53.9 Å². The van der Waals surface area contributed by atoms with Crippen LogP contribution < -0.4 is 10.0 Å². The predicted molar refractivity (Wildman–Crippen MR) is 159 cm³/mol. The second kappa shape index (κ2) is 11.9. The molecule has 0 radical (unpaired) electrons. The molecule has 3 N–H and O–H groups in total. The van der Waals surface area contributed by atoms with E-state index in [2.05, 4.69) is 4.90 Å². The van der Waals surface area contributed by atoms with Crippen molar-refractivity contribution >= 4 is 56.3 Å². The van der Waals surface area contributed by atoms with Gasteiger partial charge >= 0.3 is 0 Å². The molecule has 5 rings (SSSR count). The van der Waals surface area contributed by atoms with Crippen LogP contribution in [0.25, 0.3) is 10.8 Å². The maximum atomic E-state index is 12.8. The number of unbranched alkanes of at least 4 members (excludes halogenated alkanes) is 1. The Morgan fingerprint density at radius 3 is 2.24 bits per heavy atom. The lowest BCUT2D eigenvalue weighted by Gasteiger charge is -2.28. The van der Waals surface area contributed by atoms with Crippen molar-refractivity contribution in [2.24, 2.45) is 5.14 Å². The highest BCUT2D eigenvalue weighted by Gasteiger charge is 2.34. The second-order valence-corrected chi connectivity index (χ2v) is 13.0. The van der Waals surface area contributed by atoms with Crippen LogP contribution in [0.2, 0.25) is 0 Å². The molecule has 0 bridgehead atoms. The van der Waals surface area contributed by atoms with Crippen molar-refractivity contribution in [2.75, 3.05) is 30.3 Å². The molecule has 2 amide bonds. The molecule has 41 heavy (non-hydrogen) atoms. The molecule has 3 aromatic rings. The summed E-state index contributed by atoms with van der Waals surface area (Å²) in [5.74, 6) is 0.253. The highest BCUT2D eigenvalue weighted by atomic mass is 32.2. The number of nitrogens with zero attached hydrogens (tertiary/aromatic N) is 2. The van der Waals surface area contributed by atoms with Crippen LogP contribution in [0, 0.1) is 6.92 Å². The van der Waals surface area contributed by atoms with Gasteiger partial charge in [-0.25, -0.2) is 13.6 Å². The first-order valence-corrected chi connectivity index (χ1v) is 16.2. The van der Waals surface area contributed by atoms with Crippen LogP contribution in [0.5, 0.6) is 0 Å². The number of aliphatic hydroxyl groups is 1. The Hall–Kier alpha value is -3.25. The Morgan fingerprint density at radius 1 is 1.00 bits per heavy atom. The third kappa shape index (κ3) is 5.39. The summed E-state index contributed by atoms with van der Waals surface area (Å²) in [6, 6.07) is 10.6. The molecule has 0 saturated carbocycles. The van der Waals surface area contributed by atoms with E-state index >= 15 is 0 Å². The molecule has 0 aliphatic carbocycles. The van der Waals surface area contributed by atoms with Crippen molar-refractivity contribution in [3.63, 3.8) is 0 Å². The van der Waals surface area contributed by atoms with E-state index in [1.807, 2.05) is 19.1 Å². The van der Waals surface area contributed by atoms with Crippen LogP contribution in [0.3, 0.4) is 0 Å². The quantitative estimate of drug-likeness (QED) is 0.148. The highest BCUT2D eigenvalue weighted by Crippen LogP contribution is 2.44. The summed E-state index contributed by atoms with van der Waals surface area (Å²) in [6.07, 6.45) is 3.90. The van der Waals surface area contributed by atoms with Gasteiger partial charge in [-0.15, -0.1) is 11.8 Å². The second-order valence-electron chi connectivity index (χ2n) is 10.4. The van der Waals surface area contributed by atoms with Crippen LogP contribution >= 0.6 is 11.8 Å². The third-order valence-corrected chi connectivity index (χ3v) is 10.2. The van der Waals surface area contributed by atoms with E-state index in [-0.39, 0.29) is 28.7 Å². The number of nitrogens with two attached hydrogens (primary N) is 1. The van der Waals surface area contributed by atoms with Gasteiger partial charge in [0.05, 0.1) is 22.6 Å². The van der Waals surface area contributed by atoms with Crippen LogP contribution in [0.15, 0.2) is 46.2 Å².